The number of nitrogens with zero attached hydrogens (tertiary/aromatic N) is 1. The molecule has 0 aromatic carbocycles. The SMILES string of the molecule is CN=C(NCCCOCC1CCCO1)NCC1(C2CC2)CC1. The number of guanidine groups is 1. The largest absolute Gasteiger partial charge is 0.379 e. The molecule has 1 saturated heterocycles. The number of ether oxygens (including phenoxy) is 2. The van der Waals surface area contributed by atoms with Gasteiger partial charge < -0.3 is 20.1 Å². The molecular weight excluding hydrogens is 278 g/mol. The van der Waals surface area contributed by atoms with Crippen LogP contribution in [0.15, 0.2) is 4.99 Å². The first-order chi connectivity index (χ1) is 10.8. The number of aliphatic imine (C=N–C) groups is 1. The first-order valence-corrected chi connectivity index (χ1v) is 8.96. The molecule has 3 rings (SSSR count). The van der Waals surface area contributed by atoms with Crippen molar-refractivity contribution in [3.05, 3.63) is 0 Å². The number of hydrogen-bond donors (Lipinski definition) is 2. The normalized spacial score (nSPS) is 27.0. The van der Waals surface area contributed by atoms with Crippen molar-refractivity contribution in [3.8, 4) is 0 Å². The molecule has 1 heterocycles. The van der Waals surface area contributed by atoms with Crippen LogP contribution < -0.4 is 10.6 Å². The molecule has 126 valence electrons. The van der Waals surface area contributed by atoms with E-state index in [9.17, 15) is 0 Å². The lowest BCUT2D eigenvalue weighted by molar-refractivity contribution is 0.0168. The lowest BCUT2D eigenvalue weighted by Crippen LogP contribution is -2.41. The summed E-state index contributed by atoms with van der Waals surface area (Å²) in [7, 11) is 1.85. The van der Waals surface area contributed by atoms with Gasteiger partial charge in [-0.1, -0.05) is 0 Å². The third kappa shape index (κ3) is 4.59. The molecular formula is C17H31N3O2. The average Bonchev–Trinajstić information content (AvgIpc) is 3.45. The zero-order valence-corrected chi connectivity index (χ0v) is 13.9. The zero-order chi connectivity index (χ0) is 15.3. The maximum absolute atomic E-state index is 5.67. The summed E-state index contributed by atoms with van der Waals surface area (Å²) in [6, 6.07) is 0. The van der Waals surface area contributed by atoms with Crippen LogP contribution in [0.25, 0.3) is 0 Å². The van der Waals surface area contributed by atoms with Gasteiger partial charge in [0.1, 0.15) is 0 Å². The van der Waals surface area contributed by atoms with Crippen LogP contribution in [-0.4, -0.2) is 52.0 Å². The molecule has 0 bridgehead atoms. The quantitative estimate of drug-likeness (QED) is 0.388. The van der Waals surface area contributed by atoms with Crippen molar-refractivity contribution in [2.45, 2.75) is 51.0 Å². The van der Waals surface area contributed by atoms with Gasteiger partial charge in [-0.25, -0.2) is 0 Å². The standard InChI is InChI=1S/C17H31N3O2/c1-18-16(20-13-17(7-8-17)14-5-6-14)19-9-3-10-21-12-15-4-2-11-22-15/h14-15H,2-13H2,1H3,(H2,18,19,20). The van der Waals surface area contributed by atoms with Crippen molar-refractivity contribution in [1.82, 2.24) is 10.6 Å². The monoisotopic (exact) mass is 309 g/mol. The van der Waals surface area contributed by atoms with Gasteiger partial charge in [-0.15, -0.1) is 0 Å². The third-order valence-electron chi connectivity index (χ3n) is 5.25. The Bertz CT molecular complexity index is 372. The van der Waals surface area contributed by atoms with Crippen LogP contribution in [0.1, 0.15) is 44.9 Å². The Labute approximate surface area is 134 Å². The highest BCUT2D eigenvalue weighted by Gasteiger charge is 2.53. The van der Waals surface area contributed by atoms with E-state index < -0.39 is 0 Å². The predicted octanol–water partition coefficient (Wildman–Crippen LogP) is 1.93. The van der Waals surface area contributed by atoms with Crippen LogP contribution in [0.3, 0.4) is 0 Å². The van der Waals surface area contributed by atoms with E-state index in [0.29, 0.717) is 11.5 Å². The van der Waals surface area contributed by atoms with Crippen molar-refractivity contribution in [1.29, 1.82) is 0 Å². The Kier molecular flexibility index (Phi) is 5.58. The lowest BCUT2D eigenvalue weighted by atomic mass is 10.0. The van der Waals surface area contributed by atoms with Gasteiger partial charge in [-0.2, -0.15) is 0 Å². The fourth-order valence-electron chi connectivity index (χ4n) is 3.44. The first-order valence-electron chi connectivity index (χ1n) is 8.96. The van der Waals surface area contributed by atoms with Crippen LogP contribution in [0, 0.1) is 11.3 Å². The van der Waals surface area contributed by atoms with E-state index in [4.69, 9.17) is 9.47 Å². The molecule has 3 aliphatic rings. The Hall–Kier alpha value is -0.810. The smallest absolute Gasteiger partial charge is 0.190 e. The summed E-state index contributed by atoms with van der Waals surface area (Å²) < 4.78 is 11.2. The van der Waals surface area contributed by atoms with E-state index in [1.54, 1.807) is 0 Å². The van der Waals surface area contributed by atoms with Gasteiger partial charge >= 0.3 is 0 Å². The van der Waals surface area contributed by atoms with Gasteiger partial charge in [0, 0.05) is 33.4 Å². The van der Waals surface area contributed by atoms with Gasteiger partial charge in [-0.05, 0) is 56.3 Å². The van der Waals surface area contributed by atoms with Crippen molar-refractivity contribution in [3.63, 3.8) is 0 Å². The molecule has 0 amide bonds. The third-order valence-corrected chi connectivity index (χ3v) is 5.25. The minimum Gasteiger partial charge on any atom is -0.379 e. The molecule has 5 heteroatoms. The highest BCUT2D eigenvalue weighted by molar-refractivity contribution is 5.79. The van der Waals surface area contributed by atoms with Gasteiger partial charge in [0.15, 0.2) is 5.96 Å². The Balaban J connectivity index is 1.21. The lowest BCUT2D eigenvalue weighted by Gasteiger charge is -2.18. The summed E-state index contributed by atoms with van der Waals surface area (Å²) in [6.07, 6.45) is 9.35. The minimum atomic E-state index is 0.333. The molecule has 5 nitrogen and oxygen atoms in total. The molecule has 3 fully saturated rings. The Morgan fingerprint density at radius 1 is 1.27 bits per heavy atom. The molecule has 1 atom stereocenters. The molecule has 2 aliphatic carbocycles. The summed E-state index contributed by atoms with van der Waals surface area (Å²) in [4.78, 5) is 4.31. The van der Waals surface area contributed by atoms with Gasteiger partial charge in [0.25, 0.3) is 0 Å². The van der Waals surface area contributed by atoms with Crippen LogP contribution in [0.5, 0.6) is 0 Å². The summed E-state index contributed by atoms with van der Waals surface area (Å²) in [6.45, 7) is 4.43. The molecule has 2 N–H and O–H groups in total. The molecule has 0 aromatic rings. The fraction of sp³-hybridized carbons (Fsp3) is 0.941. The molecule has 0 radical (unpaired) electrons. The molecule has 0 spiro atoms. The average molecular weight is 309 g/mol. The maximum Gasteiger partial charge on any atom is 0.190 e. The van der Waals surface area contributed by atoms with Crippen molar-refractivity contribution in [2.24, 2.45) is 16.3 Å². The van der Waals surface area contributed by atoms with Crippen molar-refractivity contribution in [2.75, 3.05) is 40.0 Å². The maximum atomic E-state index is 5.67. The van der Waals surface area contributed by atoms with Gasteiger partial charge in [0.05, 0.1) is 12.7 Å². The molecule has 2 saturated carbocycles. The molecule has 0 aromatic heterocycles. The van der Waals surface area contributed by atoms with Gasteiger partial charge in [-0.3, -0.25) is 4.99 Å². The second-order valence-corrected chi connectivity index (χ2v) is 7.05. The number of nitrogens with one attached hydrogen (secondary N) is 2. The summed E-state index contributed by atoms with van der Waals surface area (Å²) in [5, 5.41) is 6.89. The predicted molar refractivity (Wildman–Crippen MR) is 88.2 cm³/mol. The second kappa shape index (κ2) is 7.64. The molecule has 1 unspecified atom stereocenters. The van der Waals surface area contributed by atoms with Crippen molar-refractivity contribution < 1.29 is 9.47 Å². The van der Waals surface area contributed by atoms with Crippen LogP contribution in [0.4, 0.5) is 0 Å². The second-order valence-electron chi connectivity index (χ2n) is 7.05. The van der Waals surface area contributed by atoms with E-state index in [1.807, 2.05) is 7.05 Å². The fourth-order valence-corrected chi connectivity index (χ4v) is 3.44. The summed E-state index contributed by atoms with van der Waals surface area (Å²) in [5.41, 5.74) is 0.613. The summed E-state index contributed by atoms with van der Waals surface area (Å²) >= 11 is 0. The van der Waals surface area contributed by atoms with Crippen LogP contribution in [-0.2, 0) is 9.47 Å². The first kappa shape index (κ1) is 16.1. The van der Waals surface area contributed by atoms with E-state index >= 15 is 0 Å². The summed E-state index contributed by atoms with van der Waals surface area (Å²) in [5.74, 6) is 1.93. The van der Waals surface area contributed by atoms with E-state index in [1.165, 1.54) is 32.1 Å². The number of hydrogen-bond acceptors (Lipinski definition) is 3. The highest BCUT2D eigenvalue weighted by atomic mass is 16.5. The molecule has 1 aliphatic heterocycles. The van der Waals surface area contributed by atoms with E-state index in [0.717, 1.165) is 57.6 Å². The zero-order valence-electron chi connectivity index (χ0n) is 13.9. The number of rotatable bonds is 9. The van der Waals surface area contributed by atoms with E-state index in [-0.39, 0.29) is 0 Å². The van der Waals surface area contributed by atoms with Crippen LogP contribution in [0.2, 0.25) is 0 Å². The van der Waals surface area contributed by atoms with Crippen LogP contribution >= 0.6 is 0 Å². The van der Waals surface area contributed by atoms with Gasteiger partial charge in [0.2, 0.25) is 0 Å². The Morgan fingerprint density at radius 2 is 2.14 bits per heavy atom. The Morgan fingerprint density at radius 3 is 2.77 bits per heavy atom. The van der Waals surface area contributed by atoms with Crippen molar-refractivity contribution >= 4 is 5.96 Å². The molecule has 22 heavy (non-hydrogen) atoms. The van der Waals surface area contributed by atoms with E-state index in [2.05, 4.69) is 15.6 Å². The highest BCUT2D eigenvalue weighted by Crippen LogP contribution is 2.60. The minimum absolute atomic E-state index is 0.333. The topological polar surface area (TPSA) is 54.9 Å².